The van der Waals surface area contributed by atoms with Gasteiger partial charge >= 0.3 is 0 Å². The zero-order valence-corrected chi connectivity index (χ0v) is 17.5. The fraction of sp³-hybridized carbons (Fsp3) is 0.333. The second kappa shape index (κ2) is 11.0. The van der Waals surface area contributed by atoms with Gasteiger partial charge in [0.1, 0.15) is 0 Å². The molecule has 3 aromatic rings. The Morgan fingerprint density at radius 1 is 1.13 bits per heavy atom. The van der Waals surface area contributed by atoms with Crippen LogP contribution >= 0.6 is 0 Å². The molecule has 30 heavy (non-hydrogen) atoms. The fourth-order valence-electron chi connectivity index (χ4n) is 2.94. The number of methoxy groups -OCH3 is 1. The lowest BCUT2D eigenvalue weighted by Crippen LogP contribution is -2.23. The molecule has 0 aliphatic rings. The van der Waals surface area contributed by atoms with Crippen LogP contribution in [0.1, 0.15) is 37.6 Å². The van der Waals surface area contributed by atoms with Gasteiger partial charge in [-0.1, -0.05) is 49.7 Å². The van der Waals surface area contributed by atoms with Crippen LogP contribution in [0.5, 0.6) is 11.5 Å². The molecule has 0 fully saturated rings. The number of aromatic nitrogens is 1. The van der Waals surface area contributed by atoms with Gasteiger partial charge in [0.25, 0.3) is 0 Å². The first-order chi connectivity index (χ1) is 14.7. The summed E-state index contributed by atoms with van der Waals surface area (Å²) in [4.78, 5) is 16.5. The van der Waals surface area contributed by atoms with E-state index in [9.17, 15) is 4.79 Å². The van der Waals surface area contributed by atoms with Gasteiger partial charge in [-0.2, -0.15) is 0 Å². The average Bonchev–Trinajstić information content (AvgIpc) is 3.26. The number of unbranched alkanes of at least 4 members (excludes halogenated alkanes) is 1. The second-order valence-electron chi connectivity index (χ2n) is 6.95. The van der Waals surface area contributed by atoms with E-state index in [4.69, 9.17) is 13.9 Å². The van der Waals surface area contributed by atoms with Crippen LogP contribution in [0.4, 0.5) is 0 Å². The molecule has 1 N–H and O–H groups in total. The quantitative estimate of drug-likeness (QED) is 0.462. The van der Waals surface area contributed by atoms with Crippen LogP contribution in [0, 0.1) is 0 Å². The molecule has 0 saturated carbocycles. The molecular weight excluding hydrogens is 380 g/mol. The normalized spacial score (nSPS) is 10.6. The van der Waals surface area contributed by atoms with Gasteiger partial charge in [0.15, 0.2) is 23.1 Å². The zero-order valence-electron chi connectivity index (χ0n) is 17.5. The second-order valence-corrected chi connectivity index (χ2v) is 6.95. The first kappa shape index (κ1) is 21.4. The standard InChI is InChI=1S/C24H28N2O4/c1-3-4-14-29-20-11-10-18(15-21(20)28-2)16-25-23(27)12-13-24-26-17-22(30-24)19-8-6-5-7-9-19/h5-11,15,17H,3-4,12-14,16H2,1-2H3,(H,25,27). The number of ether oxygens (including phenoxy) is 2. The van der Waals surface area contributed by atoms with E-state index in [1.807, 2.05) is 48.5 Å². The summed E-state index contributed by atoms with van der Waals surface area (Å²) < 4.78 is 16.9. The van der Waals surface area contributed by atoms with E-state index < -0.39 is 0 Å². The Hall–Kier alpha value is -3.28. The van der Waals surface area contributed by atoms with Crippen LogP contribution in [-0.2, 0) is 17.8 Å². The van der Waals surface area contributed by atoms with E-state index in [0.29, 0.717) is 43.4 Å². The first-order valence-corrected chi connectivity index (χ1v) is 10.3. The Kier molecular flexibility index (Phi) is 7.89. The highest BCUT2D eigenvalue weighted by atomic mass is 16.5. The first-order valence-electron chi connectivity index (χ1n) is 10.3. The van der Waals surface area contributed by atoms with Crippen LogP contribution in [0.3, 0.4) is 0 Å². The Balaban J connectivity index is 1.47. The van der Waals surface area contributed by atoms with Crippen molar-refractivity contribution in [1.29, 1.82) is 0 Å². The number of oxazole rings is 1. The van der Waals surface area contributed by atoms with Gasteiger partial charge in [-0.3, -0.25) is 4.79 Å². The topological polar surface area (TPSA) is 73.6 Å². The van der Waals surface area contributed by atoms with Crippen molar-refractivity contribution in [2.75, 3.05) is 13.7 Å². The van der Waals surface area contributed by atoms with Gasteiger partial charge in [0.2, 0.25) is 5.91 Å². The lowest BCUT2D eigenvalue weighted by molar-refractivity contribution is -0.121. The number of hydrogen-bond acceptors (Lipinski definition) is 5. The van der Waals surface area contributed by atoms with Gasteiger partial charge in [-0.15, -0.1) is 0 Å². The summed E-state index contributed by atoms with van der Waals surface area (Å²) in [7, 11) is 1.62. The maximum absolute atomic E-state index is 12.2. The van der Waals surface area contributed by atoms with Gasteiger partial charge in [-0.25, -0.2) is 4.98 Å². The minimum Gasteiger partial charge on any atom is -0.493 e. The molecule has 0 aliphatic heterocycles. The number of carbonyl (C=O) groups excluding carboxylic acids is 1. The number of nitrogens with one attached hydrogen (secondary N) is 1. The maximum Gasteiger partial charge on any atom is 0.220 e. The van der Waals surface area contributed by atoms with E-state index in [0.717, 1.165) is 29.7 Å². The molecule has 0 radical (unpaired) electrons. The third kappa shape index (κ3) is 6.11. The molecule has 158 valence electrons. The molecule has 0 unspecified atom stereocenters. The smallest absolute Gasteiger partial charge is 0.220 e. The number of hydrogen-bond donors (Lipinski definition) is 1. The van der Waals surface area contributed by atoms with E-state index >= 15 is 0 Å². The number of rotatable bonds is 11. The van der Waals surface area contributed by atoms with Crippen LogP contribution in [0.15, 0.2) is 59.1 Å². The van der Waals surface area contributed by atoms with Crippen molar-refractivity contribution >= 4 is 5.91 Å². The van der Waals surface area contributed by atoms with Crippen molar-refractivity contribution in [2.45, 2.75) is 39.2 Å². The van der Waals surface area contributed by atoms with Crippen LogP contribution < -0.4 is 14.8 Å². The fourth-order valence-corrected chi connectivity index (χ4v) is 2.94. The number of carbonyl (C=O) groups is 1. The Bertz CT molecular complexity index is 937. The molecule has 0 atom stereocenters. The van der Waals surface area contributed by atoms with Gasteiger partial charge < -0.3 is 19.2 Å². The third-order valence-electron chi connectivity index (χ3n) is 4.65. The molecule has 2 aromatic carbocycles. The van der Waals surface area contributed by atoms with E-state index in [1.165, 1.54) is 0 Å². The highest BCUT2D eigenvalue weighted by Gasteiger charge is 2.10. The highest BCUT2D eigenvalue weighted by Crippen LogP contribution is 2.28. The van der Waals surface area contributed by atoms with Crippen molar-refractivity contribution in [3.05, 3.63) is 66.2 Å². The summed E-state index contributed by atoms with van der Waals surface area (Å²) in [5.74, 6) is 2.60. The molecule has 0 saturated heterocycles. The molecular formula is C24H28N2O4. The molecule has 6 nitrogen and oxygen atoms in total. The van der Waals surface area contributed by atoms with Gasteiger partial charge in [0.05, 0.1) is 19.9 Å². The van der Waals surface area contributed by atoms with Crippen molar-refractivity contribution in [2.24, 2.45) is 0 Å². The van der Waals surface area contributed by atoms with E-state index in [2.05, 4.69) is 17.2 Å². The van der Waals surface area contributed by atoms with Gasteiger partial charge in [-0.05, 0) is 24.1 Å². The summed E-state index contributed by atoms with van der Waals surface area (Å²) in [5, 5.41) is 2.93. The number of amides is 1. The van der Waals surface area contributed by atoms with Crippen molar-refractivity contribution < 1.29 is 18.7 Å². The highest BCUT2D eigenvalue weighted by molar-refractivity contribution is 5.76. The molecule has 0 spiro atoms. The monoisotopic (exact) mass is 408 g/mol. The number of aryl methyl sites for hydroxylation is 1. The average molecular weight is 408 g/mol. The van der Waals surface area contributed by atoms with Crippen LogP contribution in [0.2, 0.25) is 0 Å². The van der Waals surface area contributed by atoms with Crippen molar-refractivity contribution in [1.82, 2.24) is 10.3 Å². The molecule has 1 heterocycles. The SMILES string of the molecule is CCCCOc1ccc(CNC(=O)CCc2ncc(-c3ccccc3)o2)cc1OC. The molecule has 0 aliphatic carbocycles. The summed E-state index contributed by atoms with van der Waals surface area (Å²) in [6, 6.07) is 15.5. The lowest BCUT2D eigenvalue weighted by atomic mass is 10.2. The van der Waals surface area contributed by atoms with E-state index in [-0.39, 0.29) is 5.91 Å². The molecule has 1 aromatic heterocycles. The summed E-state index contributed by atoms with van der Waals surface area (Å²) in [6.07, 6.45) is 4.53. The Morgan fingerprint density at radius 2 is 1.97 bits per heavy atom. The van der Waals surface area contributed by atoms with Crippen molar-refractivity contribution in [3.63, 3.8) is 0 Å². The number of nitrogens with zero attached hydrogens (tertiary/aromatic N) is 1. The predicted molar refractivity (Wildman–Crippen MR) is 116 cm³/mol. The van der Waals surface area contributed by atoms with Crippen LogP contribution in [0.25, 0.3) is 11.3 Å². The Labute approximate surface area is 177 Å². The minimum atomic E-state index is -0.0586. The lowest BCUT2D eigenvalue weighted by Gasteiger charge is -2.12. The summed E-state index contributed by atoms with van der Waals surface area (Å²) >= 11 is 0. The van der Waals surface area contributed by atoms with Crippen molar-refractivity contribution in [3.8, 4) is 22.8 Å². The maximum atomic E-state index is 12.2. The Morgan fingerprint density at radius 3 is 2.73 bits per heavy atom. The molecule has 0 bridgehead atoms. The summed E-state index contributed by atoms with van der Waals surface area (Å²) in [5.41, 5.74) is 1.92. The van der Waals surface area contributed by atoms with Gasteiger partial charge in [0, 0.05) is 24.9 Å². The third-order valence-corrected chi connectivity index (χ3v) is 4.65. The zero-order chi connectivity index (χ0) is 21.2. The van der Waals surface area contributed by atoms with E-state index in [1.54, 1.807) is 13.3 Å². The summed E-state index contributed by atoms with van der Waals surface area (Å²) in [6.45, 7) is 3.21. The molecule has 3 rings (SSSR count). The predicted octanol–water partition coefficient (Wildman–Crippen LogP) is 4.78. The molecule has 1 amide bonds. The van der Waals surface area contributed by atoms with Crippen LogP contribution in [-0.4, -0.2) is 24.6 Å². The molecule has 6 heteroatoms. The largest absolute Gasteiger partial charge is 0.493 e. The minimum absolute atomic E-state index is 0.0586. The number of benzene rings is 2.